The largest absolute Gasteiger partial charge is 0.378 e. The Morgan fingerprint density at radius 2 is 2.00 bits per heavy atom. The number of nitriles is 1. The molecule has 0 atom stereocenters. The number of ether oxygens (including phenoxy) is 1. The number of morpholine rings is 1. The molecule has 5 nitrogen and oxygen atoms in total. The molecule has 26 heavy (non-hydrogen) atoms. The fourth-order valence-corrected chi connectivity index (χ4v) is 3.57. The summed E-state index contributed by atoms with van der Waals surface area (Å²) in [4.78, 5) is 14.3. The molecule has 1 aromatic carbocycles. The second kappa shape index (κ2) is 7.90. The number of amides is 1. The second-order valence-electron chi connectivity index (χ2n) is 6.22. The van der Waals surface area contributed by atoms with Gasteiger partial charge in [0.05, 0.1) is 13.2 Å². The minimum absolute atomic E-state index is 0.154. The molecule has 0 bridgehead atoms. The standard InChI is InChI=1S/C20H20BrN3O2/c1-14-10-16(15(2)24(14)19-5-3-4-18(21)12-19)11-17(13-22)20(25)23-6-8-26-9-7-23/h3-5,10-12H,6-9H2,1-2H3/b17-11+. The molecule has 1 aliphatic rings. The number of carbonyl (C=O) groups excluding carboxylic acids is 1. The Hall–Kier alpha value is -2.36. The van der Waals surface area contributed by atoms with Gasteiger partial charge in [-0.25, -0.2) is 0 Å². The molecule has 1 amide bonds. The van der Waals surface area contributed by atoms with Crippen LogP contribution in [-0.4, -0.2) is 41.7 Å². The fourth-order valence-electron chi connectivity index (χ4n) is 3.18. The van der Waals surface area contributed by atoms with Crippen LogP contribution in [0.2, 0.25) is 0 Å². The maximum Gasteiger partial charge on any atom is 0.264 e. The van der Waals surface area contributed by atoms with Gasteiger partial charge in [-0.1, -0.05) is 22.0 Å². The summed E-state index contributed by atoms with van der Waals surface area (Å²) >= 11 is 3.50. The Bertz CT molecular complexity index is 902. The second-order valence-corrected chi connectivity index (χ2v) is 7.13. The number of hydrogen-bond donors (Lipinski definition) is 0. The molecular formula is C20H20BrN3O2. The Morgan fingerprint density at radius 3 is 2.65 bits per heavy atom. The molecule has 1 aliphatic heterocycles. The van der Waals surface area contributed by atoms with Crippen LogP contribution in [0.4, 0.5) is 0 Å². The maximum absolute atomic E-state index is 12.6. The molecule has 1 saturated heterocycles. The maximum atomic E-state index is 12.6. The van der Waals surface area contributed by atoms with Crippen LogP contribution in [0.15, 0.2) is 40.4 Å². The van der Waals surface area contributed by atoms with E-state index in [1.165, 1.54) is 0 Å². The van der Waals surface area contributed by atoms with Crippen LogP contribution in [0.25, 0.3) is 11.8 Å². The molecule has 2 aromatic rings. The summed E-state index contributed by atoms with van der Waals surface area (Å²) in [6.07, 6.45) is 1.69. The summed E-state index contributed by atoms with van der Waals surface area (Å²) in [6, 6.07) is 12.1. The zero-order chi connectivity index (χ0) is 18.7. The summed E-state index contributed by atoms with van der Waals surface area (Å²) in [7, 11) is 0. The monoisotopic (exact) mass is 413 g/mol. The van der Waals surface area contributed by atoms with Crippen molar-refractivity contribution >= 4 is 27.9 Å². The lowest BCUT2D eigenvalue weighted by molar-refractivity contribution is -0.130. The van der Waals surface area contributed by atoms with Gasteiger partial charge in [-0.15, -0.1) is 0 Å². The zero-order valence-electron chi connectivity index (χ0n) is 14.8. The normalized spacial score (nSPS) is 15.0. The van der Waals surface area contributed by atoms with Crippen LogP contribution in [0.5, 0.6) is 0 Å². The summed E-state index contributed by atoms with van der Waals surface area (Å²) in [5.41, 5.74) is 4.10. The average Bonchev–Trinajstić information content (AvgIpc) is 2.93. The van der Waals surface area contributed by atoms with E-state index in [-0.39, 0.29) is 11.5 Å². The van der Waals surface area contributed by atoms with Crippen molar-refractivity contribution in [3.05, 3.63) is 57.3 Å². The van der Waals surface area contributed by atoms with Crippen LogP contribution >= 0.6 is 15.9 Å². The molecule has 0 aliphatic carbocycles. The third-order valence-corrected chi connectivity index (χ3v) is 4.98. The van der Waals surface area contributed by atoms with E-state index in [4.69, 9.17) is 4.74 Å². The number of halogens is 1. The van der Waals surface area contributed by atoms with E-state index in [0.717, 1.165) is 27.1 Å². The summed E-state index contributed by atoms with van der Waals surface area (Å²) < 4.78 is 8.39. The van der Waals surface area contributed by atoms with Crippen molar-refractivity contribution in [2.45, 2.75) is 13.8 Å². The van der Waals surface area contributed by atoms with E-state index in [2.05, 4.69) is 26.6 Å². The highest BCUT2D eigenvalue weighted by Crippen LogP contribution is 2.25. The molecule has 0 unspecified atom stereocenters. The van der Waals surface area contributed by atoms with E-state index in [1.54, 1.807) is 11.0 Å². The van der Waals surface area contributed by atoms with Crippen molar-refractivity contribution in [2.75, 3.05) is 26.3 Å². The topological polar surface area (TPSA) is 58.3 Å². The van der Waals surface area contributed by atoms with Gasteiger partial charge in [-0.2, -0.15) is 5.26 Å². The number of aromatic nitrogens is 1. The van der Waals surface area contributed by atoms with Crippen LogP contribution < -0.4 is 0 Å². The van der Waals surface area contributed by atoms with E-state index in [1.807, 2.05) is 44.2 Å². The first kappa shape index (κ1) is 18.4. The SMILES string of the molecule is Cc1cc(/C=C(\C#N)C(=O)N2CCOCC2)c(C)n1-c1cccc(Br)c1. The number of rotatable bonds is 3. The number of nitrogens with zero attached hydrogens (tertiary/aromatic N) is 3. The van der Waals surface area contributed by atoms with E-state index < -0.39 is 0 Å². The average molecular weight is 414 g/mol. The molecule has 3 rings (SSSR count). The van der Waals surface area contributed by atoms with Crippen LogP contribution in [0, 0.1) is 25.2 Å². The van der Waals surface area contributed by atoms with Crippen molar-refractivity contribution in [3.8, 4) is 11.8 Å². The highest BCUT2D eigenvalue weighted by atomic mass is 79.9. The molecule has 6 heteroatoms. The molecule has 0 N–H and O–H groups in total. The predicted molar refractivity (Wildman–Crippen MR) is 104 cm³/mol. The lowest BCUT2D eigenvalue weighted by Gasteiger charge is -2.26. The molecular weight excluding hydrogens is 394 g/mol. The predicted octanol–water partition coefficient (Wildman–Crippen LogP) is 3.62. The fraction of sp³-hybridized carbons (Fsp3) is 0.300. The van der Waals surface area contributed by atoms with Gasteiger partial charge in [-0.05, 0) is 49.8 Å². The number of aryl methyl sites for hydroxylation is 1. The van der Waals surface area contributed by atoms with Gasteiger partial charge in [0.1, 0.15) is 11.6 Å². The molecule has 1 aromatic heterocycles. The van der Waals surface area contributed by atoms with Gasteiger partial charge in [0.2, 0.25) is 0 Å². The first-order valence-electron chi connectivity index (χ1n) is 8.45. The summed E-state index contributed by atoms with van der Waals surface area (Å²) in [5, 5.41) is 9.50. The number of benzene rings is 1. The molecule has 2 heterocycles. The quantitative estimate of drug-likeness (QED) is 0.570. The highest BCUT2D eigenvalue weighted by Gasteiger charge is 2.21. The first-order chi connectivity index (χ1) is 12.5. The van der Waals surface area contributed by atoms with Crippen LogP contribution in [0.1, 0.15) is 17.0 Å². The van der Waals surface area contributed by atoms with Gasteiger partial charge in [0, 0.05) is 34.6 Å². The first-order valence-corrected chi connectivity index (χ1v) is 9.24. The lowest BCUT2D eigenvalue weighted by Crippen LogP contribution is -2.41. The zero-order valence-corrected chi connectivity index (χ0v) is 16.4. The van der Waals surface area contributed by atoms with Gasteiger partial charge < -0.3 is 14.2 Å². The van der Waals surface area contributed by atoms with Crippen LogP contribution in [-0.2, 0) is 9.53 Å². The Balaban J connectivity index is 1.96. The minimum Gasteiger partial charge on any atom is -0.378 e. The third-order valence-electron chi connectivity index (χ3n) is 4.49. The molecule has 1 fully saturated rings. The van der Waals surface area contributed by atoms with Crippen molar-refractivity contribution in [2.24, 2.45) is 0 Å². The molecule has 0 spiro atoms. The minimum atomic E-state index is -0.233. The van der Waals surface area contributed by atoms with Crippen molar-refractivity contribution in [3.63, 3.8) is 0 Å². The van der Waals surface area contributed by atoms with Gasteiger partial charge in [0.25, 0.3) is 5.91 Å². The summed E-state index contributed by atoms with van der Waals surface area (Å²) in [5.74, 6) is -0.233. The van der Waals surface area contributed by atoms with Crippen molar-refractivity contribution in [1.29, 1.82) is 5.26 Å². The molecule has 0 radical (unpaired) electrons. The smallest absolute Gasteiger partial charge is 0.264 e. The van der Waals surface area contributed by atoms with E-state index in [0.29, 0.717) is 26.3 Å². The Labute approximate surface area is 161 Å². The van der Waals surface area contributed by atoms with E-state index >= 15 is 0 Å². The lowest BCUT2D eigenvalue weighted by atomic mass is 10.1. The Morgan fingerprint density at radius 1 is 1.27 bits per heavy atom. The Kier molecular flexibility index (Phi) is 5.60. The molecule has 0 saturated carbocycles. The van der Waals surface area contributed by atoms with Crippen molar-refractivity contribution < 1.29 is 9.53 Å². The number of hydrogen-bond acceptors (Lipinski definition) is 3. The van der Waals surface area contributed by atoms with Crippen molar-refractivity contribution in [1.82, 2.24) is 9.47 Å². The number of carbonyl (C=O) groups is 1. The van der Waals surface area contributed by atoms with Gasteiger partial charge in [0.15, 0.2) is 0 Å². The highest BCUT2D eigenvalue weighted by molar-refractivity contribution is 9.10. The molecule has 134 valence electrons. The van der Waals surface area contributed by atoms with Gasteiger partial charge >= 0.3 is 0 Å². The third kappa shape index (κ3) is 3.74. The van der Waals surface area contributed by atoms with Crippen LogP contribution in [0.3, 0.4) is 0 Å². The van der Waals surface area contributed by atoms with Gasteiger partial charge in [-0.3, -0.25) is 4.79 Å². The summed E-state index contributed by atoms with van der Waals surface area (Å²) in [6.45, 7) is 6.09. The van der Waals surface area contributed by atoms with E-state index in [9.17, 15) is 10.1 Å².